The molecule has 1 aromatic carbocycles. The summed E-state index contributed by atoms with van der Waals surface area (Å²) in [5.41, 5.74) is 3.45. The first-order chi connectivity index (χ1) is 12.0. The van der Waals surface area contributed by atoms with Gasteiger partial charge in [-0.15, -0.1) is 0 Å². The zero-order valence-corrected chi connectivity index (χ0v) is 14.5. The quantitative estimate of drug-likeness (QED) is 0.747. The van der Waals surface area contributed by atoms with E-state index in [1.54, 1.807) is 17.1 Å². The number of rotatable bonds is 5. The second-order valence-electron chi connectivity index (χ2n) is 6.02. The van der Waals surface area contributed by atoms with Crippen LogP contribution < -0.4 is 10.6 Å². The number of nitrogens with zero attached hydrogens (tertiary/aromatic N) is 3. The molecule has 130 valence electrons. The predicted molar refractivity (Wildman–Crippen MR) is 94.9 cm³/mol. The molecule has 0 aliphatic rings. The third kappa shape index (κ3) is 4.06. The SMILES string of the molecule is Cc1noc(C)c1CC(C)NC(=O)Nc1cnn(-c2ccccc2)c1. The van der Waals surface area contributed by atoms with Crippen LogP contribution in [-0.2, 0) is 6.42 Å². The number of amides is 2. The fourth-order valence-electron chi connectivity index (χ4n) is 2.65. The Hall–Kier alpha value is -3.09. The maximum Gasteiger partial charge on any atom is 0.319 e. The Morgan fingerprint density at radius 2 is 2.04 bits per heavy atom. The van der Waals surface area contributed by atoms with E-state index < -0.39 is 0 Å². The van der Waals surface area contributed by atoms with Gasteiger partial charge in [0.1, 0.15) is 5.76 Å². The summed E-state index contributed by atoms with van der Waals surface area (Å²) >= 11 is 0. The van der Waals surface area contributed by atoms with Crippen LogP contribution in [0.2, 0.25) is 0 Å². The topological polar surface area (TPSA) is 85.0 Å². The van der Waals surface area contributed by atoms with Gasteiger partial charge in [-0.05, 0) is 39.3 Å². The first-order valence-corrected chi connectivity index (χ1v) is 8.12. The first kappa shape index (κ1) is 16.8. The van der Waals surface area contributed by atoms with Crippen molar-refractivity contribution in [3.8, 4) is 5.69 Å². The molecule has 2 N–H and O–H groups in total. The highest BCUT2D eigenvalue weighted by Crippen LogP contribution is 2.15. The molecule has 2 aromatic heterocycles. The highest BCUT2D eigenvalue weighted by atomic mass is 16.5. The average Bonchev–Trinajstić information content (AvgIpc) is 3.17. The van der Waals surface area contributed by atoms with Gasteiger partial charge >= 0.3 is 6.03 Å². The average molecular weight is 339 g/mol. The van der Waals surface area contributed by atoms with E-state index in [1.165, 1.54) is 0 Å². The van der Waals surface area contributed by atoms with E-state index in [2.05, 4.69) is 20.9 Å². The Morgan fingerprint density at radius 1 is 1.28 bits per heavy atom. The summed E-state index contributed by atoms with van der Waals surface area (Å²) in [6, 6.07) is 9.39. The molecule has 3 rings (SSSR count). The number of aryl methyl sites for hydroxylation is 2. The normalized spacial score (nSPS) is 12.0. The van der Waals surface area contributed by atoms with Crippen LogP contribution in [0.1, 0.15) is 23.9 Å². The van der Waals surface area contributed by atoms with Gasteiger partial charge in [0.05, 0.1) is 29.5 Å². The van der Waals surface area contributed by atoms with Gasteiger partial charge in [0.15, 0.2) is 0 Å². The van der Waals surface area contributed by atoms with Crippen molar-refractivity contribution in [1.82, 2.24) is 20.3 Å². The summed E-state index contributed by atoms with van der Waals surface area (Å²) in [6.45, 7) is 5.72. The van der Waals surface area contributed by atoms with Gasteiger partial charge in [0, 0.05) is 11.6 Å². The largest absolute Gasteiger partial charge is 0.361 e. The summed E-state index contributed by atoms with van der Waals surface area (Å²) in [5, 5.41) is 13.9. The number of carbonyl (C=O) groups excluding carboxylic acids is 1. The van der Waals surface area contributed by atoms with Crippen molar-refractivity contribution < 1.29 is 9.32 Å². The molecule has 0 fully saturated rings. The molecule has 0 bridgehead atoms. The lowest BCUT2D eigenvalue weighted by Gasteiger charge is -2.13. The van der Waals surface area contributed by atoms with Crippen LogP contribution in [0.4, 0.5) is 10.5 Å². The Bertz CT molecular complexity index is 834. The molecule has 0 saturated heterocycles. The molecule has 0 saturated carbocycles. The lowest BCUT2D eigenvalue weighted by atomic mass is 10.1. The molecule has 3 aromatic rings. The molecular weight excluding hydrogens is 318 g/mol. The maximum atomic E-state index is 12.2. The minimum absolute atomic E-state index is 0.0547. The smallest absolute Gasteiger partial charge is 0.319 e. The van der Waals surface area contributed by atoms with E-state index in [0.717, 1.165) is 22.7 Å². The number of urea groups is 1. The Kier molecular flexibility index (Phi) is 4.83. The summed E-state index contributed by atoms with van der Waals surface area (Å²) in [4.78, 5) is 12.2. The molecule has 1 unspecified atom stereocenters. The Labute approximate surface area is 146 Å². The van der Waals surface area contributed by atoms with Crippen molar-refractivity contribution in [2.24, 2.45) is 0 Å². The zero-order valence-electron chi connectivity index (χ0n) is 14.5. The van der Waals surface area contributed by atoms with E-state index in [1.807, 2.05) is 51.1 Å². The summed E-state index contributed by atoms with van der Waals surface area (Å²) in [6.07, 6.45) is 4.05. The van der Waals surface area contributed by atoms with Crippen molar-refractivity contribution in [1.29, 1.82) is 0 Å². The molecule has 25 heavy (non-hydrogen) atoms. The lowest BCUT2D eigenvalue weighted by Crippen LogP contribution is -2.37. The van der Waals surface area contributed by atoms with Crippen molar-refractivity contribution in [2.75, 3.05) is 5.32 Å². The zero-order chi connectivity index (χ0) is 17.8. The molecule has 0 aliphatic carbocycles. The Balaban J connectivity index is 1.57. The first-order valence-electron chi connectivity index (χ1n) is 8.12. The van der Waals surface area contributed by atoms with Crippen LogP contribution in [0.5, 0.6) is 0 Å². The van der Waals surface area contributed by atoms with Crippen molar-refractivity contribution in [2.45, 2.75) is 33.2 Å². The number of aromatic nitrogens is 3. The minimum atomic E-state index is -0.271. The van der Waals surface area contributed by atoms with Gasteiger partial charge in [-0.1, -0.05) is 23.4 Å². The molecule has 0 spiro atoms. The molecule has 0 aliphatic heterocycles. The van der Waals surface area contributed by atoms with Crippen LogP contribution in [0.25, 0.3) is 5.69 Å². The highest BCUT2D eigenvalue weighted by Gasteiger charge is 2.15. The monoisotopic (exact) mass is 339 g/mol. The number of benzene rings is 1. The fraction of sp³-hybridized carbons (Fsp3) is 0.278. The summed E-state index contributed by atoms with van der Waals surface area (Å²) in [7, 11) is 0. The number of para-hydroxylation sites is 1. The molecule has 2 heterocycles. The number of carbonyl (C=O) groups is 1. The standard InChI is InChI=1S/C18H21N5O2/c1-12(9-17-13(2)22-25-14(17)3)20-18(24)21-15-10-19-23(11-15)16-7-5-4-6-8-16/h4-8,10-12H,9H2,1-3H3,(H2,20,21,24). The molecule has 7 nitrogen and oxygen atoms in total. The van der Waals surface area contributed by atoms with E-state index in [-0.39, 0.29) is 12.1 Å². The van der Waals surface area contributed by atoms with Gasteiger partial charge in [-0.2, -0.15) is 5.10 Å². The van der Waals surface area contributed by atoms with Crippen LogP contribution in [0, 0.1) is 13.8 Å². The summed E-state index contributed by atoms with van der Waals surface area (Å²) in [5.74, 6) is 0.788. The second-order valence-corrected chi connectivity index (χ2v) is 6.02. The number of anilines is 1. The third-order valence-electron chi connectivity index (χ3n) is 3.93. The molecule has 1 atom stereocenters. The van der Waals surface area contributed by atoms with E-state index in [9.17, 15) is 4.79 Å². The molecule has 0 radical (unpaired) electrons. The lowest BCUT2D eigenvalue weighted by molar-refractivity contribution is 0.249. The van der Waals surface area contributed by atoms with E-state index in [0.29, 0.717) is 12.1 Å². The third-order valence-corrected chi connectivity index (χ3v) is 3.93. The van der Waals surface area contributed by atoms with Crippen LogP contribution in [0.3, 0.4) is 0 Å². The van der Waals surface area contributed by atoms with Gasteiger partial charge < -0.3 is 15.2 Å². The van der Waals surface area contributed by atoms with E-state index >= 15 is 0 Å². The van der Waals surface area contributed by atoms with E-state index in [4.69, 9.17) is 4.52 Å². The Morgan fingerprint density at radius 3 is 2.72 bits per heavy atom. The van der Waals surface area contributed by atoms with Crippen LogP contribution >= 0.6 is 0 Å². The second kappa shape index (κ2) is 7.21. The highest BCUT2D eigenvalue weighted by molar-refractivity contribution is 5.89. The van der Waals surface area contributed by atoms with Crippen molar-refractivity contribution in [3.63, 3.8) is 0 Å². The number of hydrogen-bond donors (Lipinski definition) is 2. The van der Waals surface area contributed by atoms with Gasteiger partial charge in [-0.3, -0.25) is 0 Å². The van der Waals surface area contributed by atoms with Crippen molar-refractivity contribution in [3.05, 3.63) is 59.7 Å². The molecule has 7 heteroatoms. The molecular formula is C18H21N5O2. The number of nitrogens with one attached hydrogen (secondary N) is 2. The predicted octanol–water partition coefficient (Wildman–Crippen LogP) is 3.23. The molecule has 2 amide bonds. The minimum Gasteiger partial charge on any atom is -0.361 e. The van der Waals surface area contributed by atoms with Crippen molar-refractivity contribution >= 4 is 11.7 Å². The van der Waals surface area contributed by atoms with Crippen LogP contribution in [0.15, 0.2) is 47.2 Å². The van der Waals surface area contributed by atoms with Gasteiger partial charge in [-0.25, -0.2) is 9.48 Å². The van der Waals surface area contributed by atoms with Crippen LogP contribution in [-0.4, -0.2) is 27.0 Å². The number of hydrogen-bond acceptors (Lipinski definition) is 4. The van der Waals surface area contributed by atoms with Gasteiger partial charge in [0.25, 0.3) is 0 Å². The fourth-order valence-corrected chi connectivity index (χ4v) is 2.65. The maximum absolute atomic E-state index is 12.2. The van der Waals surface area contributed by atoms with Gasteiger partial charge in [0.2, 0.25) is 0 Å². The summed E-state index contributed by atoms with van der Waals surface area (Å²) < 4.78 is 6.86.